The quantitative estimate of drug-likeness (QED) is 0.664. The van der Waals surface area contributed by atoms with E-state index in [1.165, 1.54) is 0 Å². The van der Waals surface area contributed by atoms with Gasteiger partial charge in [-0.25, -0.2) is 0 Å². The first-order chi connectivity index (χ1) is 7.64. The second-order valence-corrected chi connectivity index (χ2v) is 4.28. The zero-order valence-electron chi connectivity index (χ0n) is 8.82. The molecule has 2 aliphatic heterocycles. The first kappa shape index (κ1) is 9.39. The predicted molar refractivity (Wildman–Crippen MR) is 56.9 cm³/mol. The van der Waals surface area contributed by atoms with Crippen LogP contribution in [0.5, 0.6) is 0 Å². The molecule has 2 aliphatic rings. The molecule has 2 heterocycles. The van der Waals surface area contributed by atoms with Crippen molar-refractivity contribution in [2.75, 3.05) is 5.32 Å². The Hall–Kier alpha value is -1.84. The number of rotatable bonds is 0. The molecule has 4 nitrogen and oxygen atoms in total. The zero-order valence-corrected chi connectivity index (χ0v) is 8.82. The van der Waals surface area contributed by atoms with Crippen LogP contribution in [-0.2, 0) is 19.7 Å². The number of fused-ring (bicyclic) bond motifs is 2. The van der Waals surface area contributed by atoms with Crippen LogP contribution in [0.15, 0.2) is 24.3 Å². The highest BCUT2D eigenvalue weighted by atomic mass is 16.6. The smallest absolute Gasteiger partial charge is 0.307 e. The van der Waals surface area contributed by atoms with Gasteiger partial charge in [-0.2, -0.15) is 0 Å². The minimum absolute atomic E-state index is 0.132. The van der Waals surface area contributed by atoms with Crippen molar-refractivity contribution in [2.24, 2.45) is 0 Å². The van der Waals surface area contributed by atoms with E-state index in [4.69, 9.17) is 4.74 Å². The molecule has 1 fully saturated rings. The second-order valence-electron chi connectivity index (χ2n) is 4.28. The van der Waals surface area contributed by atoms with Gasteiger partial charge in [0.1, 0.15) is 11.5 Å². The minimum Gasteiger partial charge on any atom is -0.461 e. The number of nitrogens with one attached hydrogen (secondary N) is 1. The van der Waals surface area contributed by atoms with Gasteiger partial charge in [-0.3, -0.25) is 9.59 Å². The fourth-order valence-electron chi connectivity index (χ4n) is 2.63. The number of hydrogen-bond acceptors (Lipinski definition) is 3. The number of hydrogen-bond donors (Lipinski definition) is 1. The van der Waals surface area contributed by atoms with Crippen molar-refractivity contribution in [3.63, 3.8) is 0 Å². The summed E-state index contributed by atoms with van der Waals surface area (Å²) in [6.07, 6.45) is -0.263. The summed E-state index contributed by atoms with van der Waals surface area (Å²) in [4.78, 5) is 23.4. The van der Waals surface area contributed by atoms with Crippen LogP contribution in [0, 0.1) is 0 Å². The van der Waals surface area contributed by atoms with Gasteiger partial charge in [-0.05, 0) is 18.6 Å². The molecule has 1 saturated heterocycles. The lowest BCUT2D eigenvalue weighted by Crippen LogP contribution is -2.40. The number of anilines is 1. The molecule has 1 N–H and O–H groups in total. The summed E-state index contributed by atoms with van der Waals surface area (Å²) in [6, 6.07) is 7.46. The van der Waals surface area contributed by atoms with Gasteiger partial charge < -0.3 is 10.1 Å². The normalized spacial score (nSPS) is 31.4. The molecule has 2 atom stereocenters. The fraction of sp³-hybridized carbons (Fsp3) is 0.333. The summed E-state index contributed by atoms with van der Waals surface area (Å²) in [6.45, 7) is 1.77. The van der Waals surface area contributed by atoms with Crippen LogP contribution in [0.25, 0.3) is 0 Å². The van der Waals surface area contributed by atoms with Gasteiger partial charge >= 0.3 is 5.97 Å². The number of esters is 1. The maximum Gasteiger partial charge on any atom is 0.307 e. The molecule has 1 aromatic carbocycles. The second kappa shape index (κ2) is 2.84. The van der Waals surface area contributed by atoms with Crippen LogP contribution in [-0.4, -0.2) is 18.0 Å². The number of carbonyl (C=O) groups excluding carboxylic acids is 2. The molecule has 82 valence electrons. The predicted octanol–water partition coefficient (Wildman–Crippen LogP) is 1.21. The fourth-order valence-corrected chi connectivity index (χ4v) is 2.63. The van der Waals surface area contributed by atoms with E-state index in [0.29, 0.717) is 0 Å². The van der Waals surface area contributed by atoms with Gasteiger partial charge in [-0.1, -0.05) is 18.2 Å². The average Bonchev–Trinajstić information content (AvgIpc) is 2.69. The molecule has 0 saturated carbocycles. The van der Waals surface area contributed by atoms with Crippen LogP contribution in [0.1, 0.15) is 18.9 Å². The summed E-state index contributed by atoms with van der Waals surface area (Å²) in [5.41, 5.74) is 0.851. The van der Waals surface area contributed by atoms with E-state index in [1.54, 1.807) is 6.92 Å². The third kappa shape index (κ3) is 0.939. The molecule has 0 aromatic heterocycles. The molecule has 3 rings (SSSR count). The van der Waals surface area contributed by atoms with Crippen molar-refractivity contribution in [3.8, 4) is 0 Å². The Bertz CT molecular complexity index is 497. The lowest BCUT2D eigenvalue weighted by Gasteiger charge is -2.23. The highest BCUT2D eigenvalue weighted by Crippen LogP contribution is 2.47. The molecular weight excluding hydrogens is 206 g/mol. The third-order valence-corrected chi connectivity index (χ3v) is 3.49. The number of carbonyl (C=O) groups is 2. The molecule has 0 bridgehead atoms. The van der Waals surface area contributed by atoms with E-state index in [-0.39, 0.29) is 18.3 Å². The Balaban J connectivity index is 2.21. The zero-order chi connectivity index (χ0) is 11.3. The Labute approximate surface area is 92.6 Å². The van der Waals surface area contributed by atoms with Crippen molar-refractivity contribution in [1.29, 1.82) is 0 Å². The summed E-state index contributed by atoms with van der Waals surface area (Å²) < 4.78 is 5.13. The van der Waals surface area contributed by atoms with Crippen LogP contribution in [0.4, 0.5) is 5.69 Å². The highest BCUT2D eigenvalue weighted by Gasteiger charge is 2.57. The number of para-hydroxylation sites is 1. The van der Waals surface area contributed by atoms with Crippen LogP contribution in [0.2, 0.25) is 0 Å². The lowest BCUT2D eigenvalue weighted by atomic mass is 9.76. The molecule has 0 aliphatic carbocycles. The van der Waals surface area contributed by atoms with E-state index in [2.05, 4.69) is 5.32 Å². The van der Waals surface area contributed by atoms with Gasteiger partial charge in [0.2, 0.25) is 5.91 Å². The molecular formula is C12H11NO3. The van der Waals surface area contributed by atoms with Crippen LogP contribution in [0.3, 0.4) is 0 Å². The largest absolute Gasteiger partial charge is 0.461 e. The first-order valence-corrected chi connectivity index (χ1v) is 5.25. The van der Waals surface area contributed by atoms with Gasteiger partial charge in [0.25, 0.3) is 0 Å². The Kier molecular flexibility index (Phi) is 1.67. The molecule has 1 amide bonds. The standard InChI is InChI=1S/C12H11NO3/c1-7-12(6-10(14)16-7)8-4-2-3-5-9(8)13-11(12)15/h2-5,7H,6H2,1H3,(H,13,15)/t7?,12-/m1/s1. The maximum absolute atomic E-state index is 12.1. The highest BCUT2D eigenvalue weighted by molar-refractivity contribution is 6.09. The molecule has 4 heteroatoms. The average molecular weight is 217 g/mol. The SMILES string of the molecule is CC1OC(=O)C[C@@]12C(=O)Nc1ccccc12. The van der Waals surface area contributed by atoms with Crippen molar-refractivity contribution in [1.82, 2.24) is 0 Å². The molecule has 1 aromatic rings. The van der Waals surface area contributed by atoms with E-state index in [0.717, 1.165) is 11.3 Å². The Morgan fingerprint density at radius 2 is 2.12 bits per heavy atom. The van der Waals surface area contributed by atoms with Gasteiger partial charge in [0, 0.05) is 5.69 Å². The van der Waals surface area contributed by atoms with Gasteiger partial charge in [0.15, 0.2) is 0 Å². The molecule has 1 spiro atoms. The lowest BCUT2D eigenvalue weighted by molar-refractivity contribution is -0.140. The minimum atomic E-state index is -0.812. The van der Waals surface area contributed by atoms with E-state index in [9.17, 15) is 9.59 Å². The van der Waals surface area contributed by atoms with Crippen molar-refractivity contribution < 1.29 is 14.3 Å². The van der Waals surface area contributed by atoms with E-state index >= 15 is 0 Å². The summed E-state index contributed by atoms with van der Waals surface area (Å²) >= 11 is 0. The summed E-state index contributed by atoms with van der Waals surface area (Å²) in [7, 11) is 0. The monoisotopic (exact) mass is 217 g/mol. The van der Waals surface area contributed by atoms with Crippen molar-refractivity contribution in [2.45, 2.75) is 24.9 Å². The summed E-state index contributed by atoms with van der Waals surface area (Å²) in [5.74, 6) is -0.439. The van der Waals surface area contributed by atoms with Crippen LogP contribution >= 0.6 is 0 Å². The summed E-state index contributed by atoms with van der Waals surface area (Å²) in [5, 5.41) is 2.81. The van der Waals surface area contributed by atoms with Crippen molar-refractivity contribution in [3.05, 3.63) is 29.8 Å². The number of benzene rings is 1. The van der Waals surface area contributed by atoms with E-state index in [1.807, 2.05) is 24.3 Å². The topological polar surface area (TPSA) is 55.4 Å². The number of cyclic esters (lactones) is 1. The van der Waals surface area contributed by atoms with Crippen LogP contribution < -0.4 is 5.32 Å². The maximum atomic E-state index is 12.1. The molecule has 16 heavy (non-hydrogen) atoms. The van der Waals surface area contributed by atoms with Gasteiger partial charge in [0.05, 0.1) is 6.42 Å². The van der Waals surface area contributed by atoms with E-state index < -0.39 is 11.5 Å². The number of ether oxygens (including phenoxy) is 1. The Morgan fingerprint density at radius 1 is 1.38 bits per heavy atom. The molecule has 0 radical (unpaired) electrons. The number of amides is 1. The Morgan fingerprint density at radius 3 is 2.81 bits per heavy atom. The first-order valence-electron chi connectivity index (χ1n) is 5.25. The van der Waals surface area contributed by atoms with Crippen molar-refractivity contribution >= 4 is 17.6 Å². The molecule has 1 unspecified atom stereocenters. The third-order valence-electron chi connectivity index (χ3n) is 3.49. The van der Waals surface area contributed by atoms with Gasteiger partial charge in [-0.15, -0.1) is 0 Å².